The summed E-state index contributed by atoms with van der Waals surface area (Å²) in [5, 5.41) is 14.1. The molecule has 0 unspecified atom stereocenters. The second-order valence-electron chi connectivity index (χ2n) is 6.31. The number of thiazole rings is 1. The molecule has 6 nitrogen and oxygen atoms in total. The van der Waals surface area contributed by atoms with Crippen molar-refractivity contribution in [1.29, 1.82) is 5.26 Å². The molecule has 0 radical (unpaired) electrons. The predicted molar refractivity (Wildman–Crippen MR) is 125 cm³/mol. The van der Waals surface area contributed by atoms with Gasteiger partial charge in [-0.3, -0.25) is 10.1 Å². The van der Waals surface area contributed by atoms with Crippen LogP contribution in [0.4, 0.5) is 5.13 Å². The SMILES string of the molecule is CCc1ccccc1OCCOc1ccc(/C=C(/C#N)C(=O)Nc2nccs2)cc1Br. The predicted octanol–water partition coefficient (Wildman–Crippen LogP) is 5.47. The van der Waals surface area contributed by atoms with Crippen LogP contribution in [0.1, 0.15) is 18.1 Å². The van der Waals surface area contributed by atoms with Crippen molar-refractivity contribution in [3.8, 4) is 17.6 Å². The third-order valence-corrected chi connectivity index (χ3v) is 5.55. The van der Waals surface area contributed by atoms with Crippen LogP contribution in [0.25, 0.3) is 6.08 Å². The number of aryl methyl sites for hydroxylation is 1. The van der Waals surface area contributed by atoms with Crippen molar-refractivity contribution in [3.05, 3.63) is 75.2 Å². The molecule has 0 saturated carbocycles. The van der Waals surface area contributed by atoms with Gasteiger partial charge in [0.25, 0.3) is 5.91 Å². The number of aromatic nitrogens is 1. The molecular weight excluding hydrogens is 478 g/mol. The number of carbonyl (C=O) groups excluding carboxylic acids is 1. The van der Waals surface area contributed by atoms with E-state index in [0.29, 0.717) is 34.1 Å². The van der Waals surface area contributed by atoms with Crippen LogP contribution >= 0.6 is 27.3 Å². The number of halogens is 1. The number of hydrogen-bond donors (Lipinski definition) is 1. The van der Waals surface area contributed by atoms with Gasteiger partial charge in [0.2, 0.25) is 0 Å². The molecule has 0 saturated heterocycles. The number of ether oxygens (including phenoxy) is 2. The Morgan fingerprint density at radius 1 is 1.23 bits per heavy atom. The van der Waals surface area contributed by atoms with Crippen molar-refractivity contribution in [3.63, 3.8) is 0 Å². The Labute approximate surface area is 193 Å². The minimum Gasteiger partial charge on any atom is -0.490 e. The molecule has 3 aromatic rings. The minimum absolute atomic E-state index is 0.0150. The minimum atomic E-state index is -0.501. The highest BCUT2D eigenvalue weighted by Crippen LogP contribution is 2.27. The molecule has 8 heteroatoms. The van der Waals surface area contributed by atoms with Gasteiger partial charge in [0.15, 0.2) is 5.13 Å². The van der Waals surface area contributed by atoms with E-state index < -0.39 is 5.91 Å². The van der Waals surface area contributed by atoms with E-state index >= 15 is 0 Å². The summed E-state index contributed by atoms with van der Waals surface area (Å²) in [7, 11) is 0. The highest BCUT2D eigenvalue weighted by Gasteiger charge is 2.11. The maximum Gasteiger partial charge on any atom is 0.268 e. The summed E-state index contributed by atoms with van der Waals surface area (Å²) in [6, 6.07) is 15.2. The smallest absolute Gasteiger partial charge is 0.268 e. The lowest BCUT2D eigenvalue weighted by atomic mass is 10.1. The third-order valence-electron chi connectivity index (χ3n) is 4.24. The van der Waals surface area contributed by atoms with Gasteiger partial charge in [0.05, 0.1) is 4.47 Å². The lowest BCUT2D eigenvalue weighted by molar-refractivity contribution is -0.112. The van der Waals surface area contributed by atoms with Crippen molar-refractivity contribution in [2.75, 3.05) is 18.5 Å². The van der Waals surface area contributed by atoms with Gasteiger partial charge in [-0.15, -0.1) is 11.3 Å². The normalized spacial score (nSPS) is 10.9. The van der Waals surface area contributed by atoms with E-state index in [1.165, 1.54) is 17.4 Å². The Kier molecular flexibility index (Phi) is 8.21. The first-order valence-electron chi connectivity index (χ1n) is 9.56. The molecule has 0 bridgehead atoms. The fraction of sp³-hybridized carbons (Fsp3) is 0.174. The Morgan fingerprint density at radius 2 is 2.00 bits per heavy atom. The number of para-hydroxylation sites is 1. The summed E-state index contributed by atoms with van der Waals surface area (Å²) in [6.45, 7) is 2.89. The summed E-state index contributed by atoms with van der Waals surface area (Å²) < 4.78 is 12.3. The molecule has 1 N–H and O–H groups in total. The average molecular weight is 498 g/mol. The van der Waals surface area contributed by atoms with Gasteiger partial charge in [-0.05, 0) is 57.8 Å². The van der Waals surface area contributed by atoms with Crippen LogP contribution in [0, 0.1) is 11.3 Å². The van der Waals surface area contributed by atoms with Crippen LogP contribution in [-0.4, -0.2) is 24.1 Å². The molecule has 1 heterocycles. The summed E-state index contributed by atoms with van der Waals surface area (Å²) in [6.07, 6.45) is 4.01. The zero-order chi connectivity index (χ0) is 22.1. The van der Waals surface area contributed by atoms with Crippen LogP contribution in [0.3, 0.4) is 0 Å². The second-order valence-corrected chi connectivity index (χ2v) is 8.06. The maximum absolute atomic E-state index is 12.2. The summed E-state index contributed by atoms with van der Waals surface area (Å²) in [5.41, 5.74) is 1.84. The van der Waals surface area contributed by atoms with Gasteiger partial charge in [-0.2, -0.15) is 5.26 Å². The first kappa shape index (κ1) is 22.5. The monoisotopic (exact) mass is 497 g/mol. The van der Waals surface area contributed by atoms with E-state index in [-0.39, 0.29) is 5.57 Å². The fourth-order valence-corrected chi connectivity index (χ4v) is 3.76. The van der Waals surface area contributed by atoms with E-state index in [0.717, 1.165) is 17.7 Å². The number of carbonyl (C=O) groups is 1. The Morgan fingerprint density at radius 3 is 2.68 bits per heavy atom. The van der Waals surface area contributed by atoms with Crippen molar-refractivity contribution >= 4 is 44.4 Å². The number of nitriles is 1. The molecule has 2 aromatic carbocycles. The Balaban J connectivity index is 1.58. The number of amides is 1. The zero-order valence-electron chi connectivity index (χ0n) is 16.8. The van der Waals surface area contributed by atoms with Crippen molar-refractivity contribution in [1.82, 2.24) is 4.98 Å². The lowest BCUT2D eigenvalue weighted by Gasteiger charge is -2.12. The number of rotatable bonds is 9. The van der Waals surface area contributed by atoms with Gasteiger partial charge in [-0.25, -0.2) is 4.98 Å². The van der Waals surface area contributed by atoms with Crippen LogP contribution in [0.15, 0.2) is 64.1 Å². The number of benzene rings is 2. The molecular formula is C23H20BrN3O3S. The van der Waals surface area contributed by atoms with Crippen LogP contribution in [-0.2, 0) is 11.2 Å². The standard InChI is InChI=1S/C23H20BrN3O3S/c1-2-17-5-3-4-6-20(17)29-10-11-30-21-8-7-16(14-19(21)24)13-18(15-25)22(28)27-23-26-9-12-31-23/h3-9,12-14H,2,10-11H2,1H3,(H,26,27,28)/b18-13-. The topological polar surface area (TPSA) is 84.2 Å². The Hall–Kier alpha value is -3.15. The van der Waals surface area contributed by atoms with Gasteiger partial charge in [0, 0.05) is 11.6 Å². The molecule has 0 aliphatic rings. The van der Waals surface area contributed by atoms with Gasteiger partial charge in [-0.1, -0.05) is 31.2 Å². The molecule has 1 amide bonds. The number of nitrogens with one attached hydrogen (secondary N) is 1. The van der Waals surface area contributed by atoms with Gasteiger partial charge < -0.3 is 9.47 Å². The highest BCUT2D eigenvalue weighted by molar-refractivity contribution is 9.10. The molecule has 31 heavy (non-hydrogen) atoms. The van der Waals surface area contributed by atoms with E-state index in [1.807, 2.05) is 30.3 Å². The quantitative estimate of drug-likeness (QED) is 0.240. The Bertz CT molecular complexity index is 1110. The second kappa shape index (κ2) is 11.3. The van der Waals surface area contributed by atoms with E-state index in [9.17, 15) is 10.1 Å². The molecule has 0 spiro atoms. The molecule has 0 atom stereocenters. The van der Waals surface area contributed by atoms with Crippen molar-refractivity contribution in [2.45, 2.75) is 13.3 Å². The largest absolute Gasteiger partial charge is 0.490 e. The number of hydrogen-bond acceptors (Lipinski definition) is 6. The highest BCUT2D eigenvalue weighted by atomic mass is 79.9. The maximum atomic E-state index is 12.2. The van der Waals surface area contributed by atoms with Gasteiger partial charge in [0.1, 0.15) is 36.4 Å². The number of nitrogens with zero attached hydrogens (tertiary/aromatic N) is 2. The van der Waals surface area contributed by atoms with Gasteiger partial charge >= 0.3 is 0 Å². The first-order valence-corrected chi connectivity index (χ1v) is 11.2. The lowest BCUT2D eigenvalue weighted by Crippen LogP contribution is -2.13. The summed E-state index contributed by atoms with van der Waals surface area (Å²) in [4.78, 5) is 16.2. The van der Waals surface area contributed by atoms with Crippen molar-refractivity contribution < 1.29 is 14.3 Å². The first-order chi connectivity index (χ1) is 15.1. The zero-order valence-corrected chi connectivity index (χ0v) is 19.2. The molecule has 0 aliphatic heterocycles. The third kappa shape index (κ3) is 6.41. The molecule has 1 aromatic heterocycles. The molecule has 0 aliphatic carbocycles. The van der Waals surface area contributed by atoms with E-state index in [2.05, 4.69) is 33.2 Å². The van der Waals surface area contributed by atoms with E-state index in [4.69, 9.17) is 9.47 Å². The average Bonchev–Trinajstić information content (AvgIpc) is 3.29. The molecule has 158 valence electrons. The summed E-state index contributed by atoms with van der Waals surface area (Å²) >= 11 is 4.76. The van der Waals surface area contributed by atoms with Crippen LogP contribution in [0.2, 0.25) is 0 Å². The van der Waals surface area contributed by atoms with E-state index in [1.54, 1.807) is 29.8 Å². The number of anilines is 1. The fourth-order valence-electron chi connectivity index (χ4n) is 2.73. The van der Waals surface area contributed by atoms with Crippen molar-refractivity contribution in [2.24, 2.45) is 0 Å². The molecule has 3 rings (SSSR count). The van der Waals surface area contributed by atoms with Crippen LogP contribution < -0.4 is 14.8 Å². The summed E-state index contributed by atoms with van der Waals surface area (Å²) in [5.74, 6) is 1.02. The molecule has 0 fully saturated rings. The van der Waals surface area contributed by atoms with Crippen LogP contribution in [0.5, 0.6) is 11.5 Å².